The van der Waals surface area contributed by atoms with Crippen LogP contribution in [-0.2, 0) is 32.2 Å². The average molecular weight is 542 g/mol. The van der Waals surface area contributed by atoms with Crippen molar-refractivity contribution in [3.8, 4) is 0 Å². The Bertz CT molecular complexity index is 1530. The SMILES string of the molecule is CC(=O)Nc1cccc(CN(Cc2ccccc2)C(=O)C(=O)Nc2cnc(N)c3cnn(C4CCCCO4)c23)c1. The van der Waals surface area contributed by atoms with Gasteiger partial charge in [-0.3, -0.25) is 14.4 Å². The van der Waals surface area contributed by atoms with E-state index >= 15 is 0 Å². The summed E-state index contributed by atoms with van der Waals surface area (Å²) in [6.45, 7) is 2.40. The van der Waals surface area contributed by atoms with Gasteiger partial charge in [0.25, 0.3) is 0 Å². The molecule has 1 aliphatic heterocycles. The first kappa shape index (κ1) is 26.8. The lowest BCUT2D eigenvalue weighted by atomic mass is 10.1. The Morgan fingerprint density at radius 3 is 2.55 bits per heavy atom. The Labute approximate surface area is 231 Å². The van der Waals surface area contributed by atoms with Gasteiger partial charge in [-0.2, -0.15) is 5.10 Å². The van der Waals surface area contributed by atoms with Crippen molar-refractivity contribution in [1.29, 1.82) is 0 Å². The predicted octanol–water partition coefficient (Wildman–Crippen LogP) is 3.84. The molecule has 11 heteroatoms. The van der Waals surface area contributed by atoms with Gasteiger partial charge >= 0.3 is 11.8 Å². The quantitative estimate of drug-likeness (QED) is 0.302. The van der Waals surface area contributed by atoms with Crippen LogP contribution in [0.4, 0.5) is 17.2 Å². The number of nitrogens with one attached hydrogen (secondary N) is 2. The molecule has 11 nitrogen and oxygen atoms in total. The highest BCUT2D eigenvalue weighted by Crippen LogP contribution is 2.32. The molecule has 5 rings (SSSR count). The number of aromatic nitrogens is 3. The predicted molar refractivity (Wildman–Crippen MR) is 151 cm³/mol. The Kier molecular flexibility index (Phi) is 8.02. The molecule has 1 atom stereocenters. The van der Waals surface area contributed by atoms with Gasteiger partial charge in [0.1, 0.15) is 11.3 Å². The second-order valence-corrected chi connectivity index (χ2v) is 9.71. The first-order chi connectivity index (χ1) is 19.4. The van der Waals surface area contributed by atoms with Crippen LogP contribution >= 0.6 is 0 Å². The summed E-state index contributed by atoms with van der Waals surface area (Å²) in [5, 5.41) is 10.5. The van der Waals surface area contributed by atoms with Crippen LogP contribution in [0, 0.1) is 0 Å². The molecule has 40 heavy (non-hydrogen) atoms. The fourth-order valence-corrected chi connectivity index (χ4v) is 4.80. The fourth-order valence-electron chi connectivity index (χ4n) is 4.80. The van der Waals surface area contributed by atoms with Crippen molar-refractivity contribution in [3.05, 3.63) is 78.1 Å². The summed E-state index contributed by atoms with van der Waals surface area (Å²) in [7, 11) is 0. The maximum atomic E-state index is 13.6. The number of hydrogen-bond acceptors (Lipinski definition) is 7. The second kappa shape index (κ2) is 12.0. The van der Waals surface area contributed by atoms with Crippen LogP contribution in [0.25, 0.3) is 10.9 Å². The normalized spacial score (nSPS) is 15.0. The smallest absolute Gasteiger partial charge is 0.314 e. The number of nitrogens with zero attached hydrogens (tertiary/aromatic N) is 4. The molecule has 0 aliphatic carbocycles. The molecule has 3 heterocycles. The number of carbonyl (C=O) groups excluding carboxylic acids is 3. The van der Waals surface area contributed by atoms with Gasteiger partial charge in [-0.1, -0.05) is 42.5 Å². The number of nitrogens with two attached hydrogens (primary N) is 1. The molecule has 0 radical (unpaired) electrons. The van der Waals surface area contributed by atoms with Gasteiger partial charge in [-0.15, -0.1) is 0 Å². The topological polar surface area (TPSA) is 144 Å². The van der Waals surface area contributed by atoms with Gasteiger partial charge in [0.05, 0.1) is 23.5 Å². The number of fused-ring (bicyclic) bond motifs is 1. The van der Waals surface area contributed by atoms with E-state index in [1.807, 2.05) is 36.4 Å². The van der Waals surface area contributed by atoms with Crippen LogP contribution in [0.3, 0.4) is 0 Å². The number of ether oxygens (including phenoxy) is 1. The van der Waals surface area contributed by atoms with Gasteiger partial charge < -0.3 is 26.0 Å². The van der Waals surface area contributed by atoms with Crippen LogP contribution in [0.15, 0.2) is 67.0 Å². The number of anilines is 3. The lowest BCUT2D eigenvalue weighted by Gasteiger charge is -2.25. The number of rotatable bonds is 7. The Morgan fingerprint density at radius 1 is 1.02 bits per heavy atom. The Balaban J connectivity index is 1.42. The summed E-state index contributed by atoms with van der Waals surface area (Å²) in [4.78, 5) is 44.2. The van der Waals surface area contributed by atoms with Crippen molar-refractivity contribution in [2.45, 2.75) is 45.5 Å². The highest BCUT2D eigenvalue weighted by Gasteiger charge is 2.26. The summed E-state index contributed by atoms with van der Waals surface area (Å²) >= 11 is 0. The average Bonchev–Trinajstić information content (AvgIpc) is 3.41. The van der Waals surface area contributed by atoms with Crippen molar-refractivity contribution in [2.75, 3.05) is 23.0 Å². The first-order valence-electron chi connectivity index (χ1n) is 13.1. The van der Waals surface area contributed by atoms with Gasteiger partial charge in [-0.05, 0) is 42.5 Å². The second-order valence-electron chi connectivity index (χ2n) is 9.71. The Hall–Kier alpha value is -4.77. The summed E-state index contributed by atoms with van der Waals surface area (Å²) in [5.74, 6) is -1.47. The lowest BCUT2D eigenvalue weighted by molar-refractivity contribution is -0.144. The minimum absolute atomic E-state index is 0.151. The largest absolute Gasteiger partial charge is 0.383 e. The molecule has 0 spiro atoms. The maximum absolute atomic E-state index is 13.6. The summed E-state index contributed by atoms with van der Waals surface area (Å²) < 4.78 is 7.60. The van der Waals surface area contributed by atoms with Crippen molar-refractivity contribution in [2.24, 2.45) is 0 Å². The molecule has 2 aromatic heterocycles. The number of benzene rings is 2. The van der Waals surface area contributed by atoms with Crippen LogP contribution in [0.5, 0.6) is 0 Å². The van der Waals surface area contributed by atoms with Gasteiger partial charge in [0, 0.05) is 32.3 Å². The van der Waals surface area contributed by atoms with Gasteiger partial charge in [0.2, 0.25) is 5.91 Å². The first-order valence-corrected chi connectivity index (χ1v) is 13.1. The molecule has 2 aromatic carbocycles. The zero-order chi connectivity index (χ0) is 28.1. The zero-order valence-electron chi connectivity index (χ0n) is 22.2. The molecule has 0 saturated carbocycles. The molecular formula is C29H31N7O4. The molecule has 3 amide bonds. The van der Waals surface area contributed by atoms with E-state index < -0.39 is 11.8 Å². The number of hydrogen-bond donors (Lipinski definition) is 3. The molecule has 0 bridgehead atoms. The minimum atomic E-state index is -0.820. The monoisotopic (exact) mass is 541 g/mol. The molecule has 4 aromatic rings. The minimum Gasteiger partial charge on any atom is -0.383 e. The third kappa shape index (κ3) is 6.10. The number of pyridine rings is 1. The van der Waals surface area contributed by atoms with E-state index in [4.69, 9.17) is 10.5 Å². The zero-order valence-corrected chi connectivity index (χ0v) is 22.2. The molecule has 206 valence electrons. The standard InChI is InChI=1S/C29H31N7O4/c1-19(37)33-22-11-7-10-21(14-22)18-35(17-20-8-3-2-4-9-20)29(39)28(38)34-24-16-31-27(30)23-15-32-36(26(23)24)25-12-5-6-13-40-25/h2-4,7-11,14-16,25H,5-6,12-13,17-18H2,1H3,(H2,30,31)(H,33,37)(H,34,38). The highest BCUT2D eigenvalue weighted by atomic mass is 16.5. The van der Waals surface area contributed by atoms with E-state index in [0.29, 0.717) is 28.9 Å². The van der Waals surface area contributed by atoms with E-state index in [-0.39, 0.29) is 31.0 Å². The van der Waals surface area contributed by atoms with E-state index in [1.54, 1.807) is 29.1 Å². The van der Waals surface area contributed by atoms with Crippen LogP contribution < -0.4 is 16.4 Å². The van der Waals surface area contributed by atoms with Crippen molar-refractivity contribution in [1.82, 2.24) is 19.7 Å². The highest BCUT2D eigenvalue weighted by molar-refractivity contribution is 6.40. The molecule has 1 fully saturated rings. The van der Waals surface area contributed by atoms with Crippen molar-refractivity contribution >= 4 is 45.8 Å². The van der Waals surface area contributed by atoms with Crippen LogP contribution in [0.1, 0.15) is 43.5 Å². The molecule has 1 unspecified atom stereocenters. The van der Waals surface area contributed by atoms with E-state index in [1.165, 1.54) is 18.0 Å². The molecule has 1 saturated heterocycles. The number of carbonyl (C=O) groups is 3. The number of nitrogen functional groups attached to an aromatic ring is 1. The van der Waals surface area contributed by atoms with Gasteiger partial charge in [-0.25, -0.2) is 9.67 Å². The summed E-state index contributed by atoms with van der Waals surface area (Å²) in [6.07, 6.45) is 5.46. The molecule has 4 N–H and O–H groups in total. The van der Waals surface area contributed by atoms with E-state index in [2.05, 4.69) is 20.7 Å². The van der Waals surface area contributed by atoms with Crippen molar-refractivity contribution < 1.29 is 19.1 Å². The third-order valence-corrected chi connectivity index (χ3v) is 6.65. The fraction of sp³-hybridized carbons (Fsp3) is 0.276. The van der Waals surface area contributed by atoms with Crippen molar-refractivity contribution in [3.63, 3.8) is 0 Å². The van der Waals surface area contributed by atoms with Crippen LogP contribution in [-0.4, -0.2) is 44.0 Å². The third-order valence-electron chi connectivity index (χ3n) is 6.65. The van der Waals surface area contributed by atoms with Crippen LogP contribution in [0.2, 0.25) is 0 Å². The van der Waals surface area contributed by atoms with E-state index in [9.17, 15) is 14.4 Å². The summed E-state index contributed by atoms with van der Waals surface area (Å²) in [6, 6.07) is 16.6. The van der Waals surface area contributed by atoms with E-state index in [0.717, 1.165) is 30.4 Å². The number of amides is 3. The molecule has 1 aliphatic rings. The Morgan fingerprint density at radius 2 is 1.80 bits per heavy atom. The maximum Gasteiger partial charge on any atom is 0.314 e. The van der Waals surface area contributed by atoms with Gasteiger partial charge in [0.15, 0.2) is 6.23 Å². The molecular weight excluding hydrogens is 510 g/mol. The summed E-state index contributed by atoms with van der Waals surface area (Å²) in [5.41, 5.74) is 9.21. The lowest BCUT2D eigenvalue weighted by Crippen LogP contribution is -2.39.